The van der Waals surface area contributed by atoms with Gasteiger partial charge >= 0.3 is 0 Å². The number of carbonyl (C=O) groups excluding carboxylic acids is 2. The maximum absolute atomic E-state index is 10.8. The molecule has 0 aromatic heterocycles. The zero-order chi connectivity index (χ0) is 7.72. The fourth-order valence-corrected chi connectivity index (χ4v) is 0.888. The molecule has 3 N–H and O–H groups in total. The first kappa shape index (κ1) is 7.21. The molecular formula is C6H10N2O2. The zero-order valence-electron chi connectivity index (χ0n) is 5.76. The lowest BCUT2D eigenvalue weighted by Crippen LogP contribution is -2.50. The van der Waals surface area contributed by atoms with Gasteiger partial charge in [0.25, 0.3) is 0 Å². The fraction of sp³-hybridized carbons (Fsp3) is 0.667. The zero-order valence-corrected chi connectivity index (χ0v) is 5.76. The van der Waals surface area contributed by atoms with Gasteiger partial charge in [-0.15, -0.1) is 0 Å². The van der Waals surface area contributed by atoms with E-state index < -0.39 is 0 Å². The van der Waals surface area contributed by atoms with Crippen LogP contribution in [0.2, 0.25) is 0 Å². The Morgan fingerprint density at radius 2 is 2.20 bits per heavy atom. The van der Waals surface area contributed by atoms with Gasteiger partial charge in [0.2, 0.25) is 11.8 Å². The lowest BCUT2D eigenvalue weighted by Gasteiger charge is -2.23. The molecule has 1 rings (SSSR count). The number of amides is 2. The predicted molar refractivity (Wildman–Crippen MR) is 34.9 cm³/mol. The fourth-order valence-electron chi connectivity index (χ4n) is 0.888. The largest absolute Gasteiger partial charge is 0.327 e. The van der Waals surface area contributed by atoms with Gasteiger partial charge in [-0.3, -0.25) is 14.9 Å². The van der Waals surface area contributed by atoms with Crippen molar-refractivity contribution in [3.05, 3.63) is 0 Å². The van der Waals surface area contributed by atoms with E-state index in [2.05, 4.69) is 5.32 Å². The second-order valence-electron chi connectivity index (χ2n) is 2.57. The van der Waals surface area contributed by atoms with E-state index in [0.717, 1.165) is 0 Å². The molecule has 4 nitrogen and oxygen atoms in total. The summed E-state index contributed by atoms with van der Waals surface area (Å²) in [5.74, 6) is -0.767. The molecule has 2 atom stereocenters. The molecule has 1 aliphatic rings. The summed E-state index contributed by atoms with van der Waals surface area (Å²) < 4.78 is 0. The van der Waals surface area contributed by atoms with Crippen LogP contribution in [0, 0.1) is 5.92 Å². The number of nitrogens with two attached hydrogens (primary N) is 1. The van der Waals surface area contributed by atoms with Gasteiger partial charge in [-0.2, -0.15) is 0 Å². The van der Waals surface area contributed by atoms with Crippen molar-refractivity contribution in [1.82, 2.24) is 5.32 Å². The van der Waals surface area contributed by atoms with Crippen molar-refractivity contribution in [2.45, 2.75) is 19.4 Å². The van der Waals surface area contributed by atoms with Crippen LogP contribution in [-0.4, -0.2) is 17.9 Å². The maximum atomic E-state index is 10.8. The van der Waals surface area contributed by atoms with Crippen molar-refractivity contribution in [1.29, 1.82) is 0 Å². The molecule has 56 valence electrons. The third-order valence-electron chi connectivity index (χ3n) is 1.74. The summed E-state index contributed by atoms with van der Waals surface area (Å²) in [7, 11) is 0. The normalized spacial score (nSPS) is 33.8. The van der Waals surface area contributed by atoms with Crippen LogP contribution in [-0.2, 0) is 9.59 Å². The number of hydrogen-bond acceptors (Lipinski definition) is 3. The Bertz CT molecular complexity index is 179. The molecule has 0 bridgehead atoms. The lowest BCUT2D eigenvalue weighted by molar-refractivity contribution is -0.136. The second-order valence-corrected chi connectivity index (χ2v) is 2.57. The molecule has 0 radical (unpaired) electrons. The van der Waals surface area contributed by atoms with Crippen LogP contribution in [0.3, 0.4) is 0 Å². The first-order valence-corrected chi connectivity index (χ1v) is 3.20. The number of rotatable bonds is 0. The smallest absolute Gasteiger partial charge is 0.230 e. The summed E-state index contributed by atoms with van der Waals surface area (Å²) in [4.78, 5) is 21.4. The van der Waals surface area contributed by atoms with E-state index in [4.69, 9.17) is 5.73 Å². The van der Waals surface area contributed by atoms with Crippen molar-refractivity contribution >= 4 is 11.8 Å². The minimum absolute atomic E-state index is 0.238. The first-order valence-electron chi connectivity index (χ1n) is 3.20. The molecule has 2 unspecified atom stereocenters. The summed E-state index contributed by atoms with van der Waals surface area (Å²) in [6.45, 7) is 1.71. The third-order valence-corrected chi connectivity index (χ3v) is 1.74. The Labute approximate surface area is 58.8 Å². The van der Waals surface area contributed by atoms with Crippen molar-refractivity contribution in [3.8, 4) is 0 Å². The highest BCUT2D eigenvalue weighted by molar-refractivity contribution is 5.99. The topological polar surface area (TPSA) is 72.2 Å². The average molecular weight is 142 g/mol. The molecule has 1 saturated heterocycles. The van der Waals surface area contributed by atoms with Gasteiger partial charge in [-0.1, -0.05) is 6.92 Å². The van der Waals surface area contributed by atoms with Crippen LogP contribution in [0.15, 0.2) is 0 Å². The Hall–Kier alpha value is -0.900. The van der Waals surface area contributed by atoms with E-state index in [9.17, 15) is 9.59 Å². The molecule has 2 amide bonds. The Balaban J connectivity index is 2.66. The number of imide groups is 1. The monoisotopic (exact) mass is 142 g/mol. The van der Waals surface area contributed by atoms with Crippen LogP contribution >= 0.6 is 0 Å². The molecule has 0 aromatic carbocycles. The second kappa shape index (κ2) is 2.38. The minimum atomic E-state index is -0.304. The molecule has 1 fully saturated rings. The standard InChI is InChI=1S/C6H10N2O2/c1-3-4(7)2-5(9)8-6(3)10/h3-4H,2,7H2,1H3,(H,8,9,10). The van der Waals surface area contributed by atoms with Crippen LogP contribution in [0.25, 0.3) is 0 Å². The first-order chi connectivity index (χ1) is 4.61. The highest BCUT2D eigenvalue weighted by Crippen LogP contribution is 2.09. The van der Waals surface area contributed by atoms with Crippen LogP contribution in [0.5, 0.6) is 0 Å². The van der Waals surface area contributed by atoms with E-state index in [1.54, 1.807) is 6.92 Å². The SMILES string of the molecule is CC1C(=O)NC(=O)CC1N. The van der Waals surface area contributed by atoms with Crippen molar-refractivity contribution in [3.63, 3.8) is 0 Å². The maximum Gasteiger partial charge on any atom is 0.230 e. The van der Waals surface area contributed by atoms with Crippen LogP contribution in [0.4, 0.5) is 0 Å². The highest BCUT2D eigenvalue weighted by Gasteiger charge is 2.29. The molecule has 0 aromatic rings. The third kappa shape index (κ3) is 1.16. The van der Waals surface area contributed by atoms with E-state index >= 15 is 0 Å². The summed E-state index contributed by atoms with van der Waals surface area (Å²) in [5.41, 5.74) is 5.48. The highest BCUT2D eigenvalue weighted by atomic mass is 16.2. The van der Waals surface area contributed by atoms with Crippen molar-refractivity contribution < 1.29 is 9.59 Å². The van der Waals surface area contributed by atoms with Crippen molar-refractivity contribution in [2.75, 3.05) is 0 Å². The number of piperidine rings is 1. The number of carbonyl (C=O) groups is 2. The van der Waals surface area contributed by atoms with Crippen molar-refractivity contribution in [2.24, 2.45) is 11.7 Å². The van der Waals surface area contributed by atoms with Gasteiger partial charge in [0, 0.05) is 12.5 Å². The number of nitrogens with one attached hydrogen (secondary N) is 1. The van der Waals surface area contributed by atoms with Gasteiger partial charge < -0.3 is 5.73 Å². The Morgan fingerprint density at radius 1 is 1.60 bits per heavy atom. The van der Waals surface area contributed by atoms with E-state index in [1.807, 2.05) is 0 Å². The molecule has 0 aliphatic carbocycles. The summed E-state index contributed by atoms with van der Waals surface area (Å²) >= 11 is 0. The summed E-state index contributed by atoms with van der Waals surface area (Å²) in [5, 5.41) is 2.20. The lowest BCUT2D eigenvalue weighted by atomic mass is 9.95. The molecule has 10 heavy (non-hydrogen) atoms. The molecule has 4 heteroatoms. The molecule has 0 saturated carbocycles. The van der Waals surface area contributed by atoms with Crippen LogP contribution < -0.4 is 11.1 Å². The van der Waals surface area contributed by atoms with E-state index in [1.165, 1.54) is 0 Å². The molecule has 1 aliphatic heterocycles. The Morgan fingerprint density at radius 3 is 2.70 bits per heavy atom. The van der Waals surface area contributed by atoms with Gasteiger partial charge in [0.1, 0.15) is 0 Å². The van der Waals surface area contributed by atoms with Gasteiger partial charge in [0.15, 0.2) is 0 Å². The average Bonchev–Trinajstić information content (AvgIpc) is 1.82. The van der Waals surface area contributed by atoms with Crippen LogP contribution in [0.1, 0.15) is 13.3 Å². The minimum Gasteiger partial charge on any atom is -0.327 e. The number of hydrogen-bond donors (Lipinski definition) is 2. The molecule has 0 spiro atoms. The molecule has 1 heterocycles. The van der Waals surface area contributed by atoms with Gasteiger partial charge in [-0.05, 0) is 0 Å². The van der Waals surface area contributed by atoms with Gasteiger partial charge in [-0.25, -0.2) is 0 Å². The van der Waals surface area contributed by atoms with Gasteiger partial charge in [0.05, 0.1) is 5.92 Å². The van der Waals surface area contributed by atoms with E-state index in [-0.39, 0.29) is 30.2 Å². The molecular weight excluding hydrogens is 132 g/mol. The summed E-state index contributed by atoms with van der Waals surface area (Å²) in [6, 6.07) is -0.304. The van der Waals surface area contributed by atoms with E-state index in [0.29, 0.717) is 0 Å². The summed E-state index contributed by atoms with van der Waals surface area (Å²) in [6.07, 6.45) is 0.257. The Kier molecular flexibility index (Phi) is 1.72. The quantitative estimate of drug-likeness (QED) is 0.426. The predicted octanol–water partition coefficient (Wildman–Crippen LogP) is -1.00.